The van der Waals surface area contributed by atoms with E-state index >= 15 is 0 Å². The van der Waals surface area contributed by atoms with Gasteiger partial charge in [-0.25, -0.2) is 0 Å². The molecule has 15 heavy (non-hydrogen) atoms. The number of hydrogen-bond donors (Lipinski definition) is 0. The van der Waals surface area contributed by atoms with Crippen LogP contribution in [-0.4, -0.2) is 8.07 Å². The van der Waals surface area contributed by atoms with Crippen molar-refractivity contribution in [2.45, 2.75) is 26.4 Å². The van der Waals surface area contributed by atoms with Crippen LogP contribution in [0.25, 0.3) is 6.08 Å². The fourth-order valence-electron chi connectivity index (χ4n) is 1.56. The first-order chi connectivity index (χ1) is 7.10. The van der Waals surface area contributed by atoms with Crippen molar-refractivity contribution in [2.24, 2.45) is 0 Å². The van der Waals surface area contributed by atoms with E-state index in [1.807, 2.05) is 6.08 Å². The van der Waals surface area contributed by atoms with Crippen molar-refractivity contribution in [3.63, 3.8) is 0 Å². The summed E-state index contributed by atoms with van der Waals surface area (Å²) < 4.78 is 0. The van der Waals surface area contributed by atoms with Gasteiger partial charge in [-0.3, -0.25) is 0 Å². The summed E-state index contributed by atoms with van der Waals surface area (Å²) in [7, 11) is -1.35. The summed E-state index contributed by atoms with van der Waals surface area (Å²) in [5, 5.41) is 1.48. The molecule has 0 radical (unpaired) electrons. The molecular formula is C14H20Si. The Balaban J connectivity index is 2.94. The highest BCUT2D eigenvalue weighted by molar-refractivity contribution is 6.93. The summed E-state index contributed by atoms with van der Waals surface area (Å²) in [6.45, 7) is 10.7. The van der Waals surface area contributed by atoms with Crippen molar-refractivity contribution < 1.29 is 0 Å². The minimum absolute atomic E-state index is 1.13. The van der Waals surface area contributed by atoms with Crippen LogP contribution in [0.4, 0.5) is 0 Å². The molecule has 0 bridgehead atoms. The molecule has 0 fully saturated rings. The van der Waals surface area contributed by atoms with Crippen molar-refractivity contribution in [1.29, 1.82) is 0 Å². The molecule has 0 saturated heterocycles. The van der Waals surface area contributed by atoms with Gasteiger partial charge in [0, 0.05) is 0 Å². The van der Waals surface area contributed by atoms with Crippen LogP contribution in [-0.2, 0) is 0 Å². The van der Waals surface area contributed by atoms with E-state index < -0.39 is 8.07 Å². The van der Waals surface area contributed by atoms with Gasteiger partial charge in [0.25, 0.3) is 0 Å². The molecule has 0 N–H and O–H groups in total. The van der Waals surface area contributed by atoms with Crippen LogP contribution in [0, 0.1) is 0 Å². The first-order valence-corrected chi connectivity index (χ1v) is 8.58. The van der Waals surface area contributed by atoms with Crippen molar-refractivity contribution in [1.82, 2.24) is 0 Å². The fourth-order valence-corrected chi connectivity index (χ4v) is 3.60. The second kappa shape index (κ2) is 5.13. The maximum absolute atomic E-state index is 3.77. The Hall–Kier alpha value is -1.08. The number of allylic oxidation sites excluding steroid dienone is 1. The van der Waals surface area contributed by atoms with Gasteiger partial charge in [0.15, 0.2) is 0 Å². The van der Waals surface area contributed by atoms with E-state index in [1.54, 1.807) is 0 Å². The Morgan fingerprint density at radius 2 is 1.80 bits per heavy atom. The highest BCUT2D eigenvalue weighted by Crippen LogP contribution is 2.07. The van der Waals surface area contributed by atoms with E-state index in [4.69, 9.17) is 0 Å². The molecule has 0 spiro atoms. The maximum Gasteiger partial charge on any atom is 0.103 e. The number of benzene rings is 1. The predicted molar refractivity (Wildman–Crippen MR) is 73.1 cm³/mol. The Bertz CT molecular complexity index is 344. The third kappa shape index (κ3) is 3.20. The van der Waals surface area contributed by atoms with Crippen LogP contribution < -0.4 is 5.19 Å². The minimum Gasteiger partial charge on any atom is -0.0985 e. The lowest BCUT2D eigenvalue weighted by molar-refractivity contribution is 1.23. The highest BCUT2D eigenvalue weighted by Gasteiger charge is 2.18. The van der Waals surface area contributed by atoms with E-state index in [9.17, 15) is 0 Å². The third-order valence-electron chi connectivity index (χ3n) is 2.66. The largest absolute Gasteiger partial charge is 0.103 e. The lowest BCUT2D eigenvalue weighted by atomic mass is 10.2. The Labute approximate surface area is 94.4 Å². The SMILES string of the molecule is C=Cc1ccc([Si](C)(C)/C=C/CC)cc1. The zero-order chi connectivity index (χ0) is 11.3. The molecule has 1 rings (SSSR count). The highest BCUT2D eigenvalue weighted by atomic mass is 28.3. The second-order valence-corrected chi connectivity index (χ2v) is 8.71. The summed E-state index contributed by atoms with van der Waals surface area (Å²) in [6.07, 6.45) is 5.30. The Kier molecular flexibility index (Phi) is 4.10. The van der Waals surface area contributed by atoms with E-state index in [1.165, 1.54) is 10.8 Å². The quantitative estimate of drug-likeness (QED) is 0.672. The summed E-state index contributed by atoms with van der Waals surface area (Å²) >= 11 is 0. The minimum atomic E-state index is -1.35. The molecule has 1 heteroatoms. The molecular weight excluding hydrogens is 196 g/mol. The van der Waals surface area contributed by atoms with Gasteiger partial charge in [-0.15, -0.1) is 0 Å². The van der Waals surface area contributed by atoms with Gasteiger partial charge >= 0.3 is 0 Å². The lowest BCUT2D eigenvalue weighted by Gasteiger charge is -2.18. The van der Waals surface area contributed by atoms with Crippen molar-refractivity contribution in [3.8, 4) is 0 Å². The Morgan fingerprint density at radius 3 is 2.27 bits per heavy atom. The summed E-state index contributed by atoms with van der Waals surface area (Å²) in [5.41, 5.74) is 3.61. The molecule has 0 aliphatic heterocycles. The molecule has 1 aromatic carbocycles. The van der Waals surface area contributed by atoms with Gasteiger partial charge in [-0.05, 0) is 12.0 Å². The molecule has 0 aliphatic carbocycles. The van der Waals surface area contributed by atoms with Gasteiger partial charge in [-0.2, -0.15) is 0 Å². The smallest absolute Gasteiger partial charge is 0.0985 e. The zero-order valence-corrected chi connectivity index (χ0v) is 11.0. The van der Waals surface area contributed by atoms with Crippen molar-refractivity contribution in [3.05, 3.63) is 48.2 Å². The van der Waals surface area contributed by atoms with Gasteiger partial charge < -0.3 is 0 Å². The predicted octanol–water partition coefficient (Wildman–Crippen LogP) is 3.75. The normalized spacial score (nSPS) is 11.9. The molecule has 0 atom stereocenters. The number of hydrogen-bond acceptors (Lipinski definition) is 0. The molecule has 0 heterocycles. The average molecular weight is 216 g/mol. The molecule has 0 saturated carbocycles. The molecule has 0 nitrogen and oxygen atoms in total. The molecule has 0 aromatic heterocycles. The first kappa shape index (κ1) is 12.0. The van der Waals surface area contributed by atoms with Crippen molar-refractivity contribution in [2.75, 3.05) is 0 Å². The lowest BCUT2D eigenvalue weighted by Crippen LogP contribution is -2.39. The van der Waals surface area contributed by atoms with Crippen LogP contribution in [0.2, 0.25) is 13.1 Å². The first-order valence-electron chi connectivity index (χ1n) is 5.51. The standard InChI is InChI=1S/C14H20Si/c1-5-7-12-15(3,4)14-10-8-13(6-2)9-11-14/h6-12H,2,5H2,1,3-4H3/b12-7+. The van der Waals surface area contributed by atoms with E-state index in [2.05, 4.69) is 62.6 Å². The molecule has 1 aromatic rings. The van der Waals surface area contributed by atoms with Gasteiger partial charge in [-0.1, -0.05) is 73.9 Å². The van der Waals surface area contributed by atoms with Crippen LogP contribution in [0.3, 0.4) is 0 Å². The zero-order valence-electron chi connectivity index (χ0n) is 9.96. The molecule has 0 unspecified atom stereocenters. The van der Waals surface area contributed by atoms with Gasteiger partial charge in [0.2, 0.25) is 0 Å². The number of rotatable bonds is 4. The van der Waals surface area contributed by atoms with Crippen LogP contribution in [0.1, 0.15) is 18.9 Å². The third-order valence-corrected chi connectivity index (χ3v) is 5.55. The summed E-state index contributed by atoms with van der Waals surface area (Å²) in [4.78, 5) is 0. The Morgan fingerprint density at radius 1 is 1.20 bits per heavy atom. The maximum atomic E-state index is 3.77. The second-order valence-electron chi connectivity index (χ2n) is 4.36. The van der Waals surface area contributed by atoms with E-state index in [-0.39, 0.29) is 0 Å². The van der Waals surface area contributed by atoms with Crippen LogP contribution >= 0.6 is 0 Å². The van der Waals surface area contributed by atoms with Crippen molar-refractivity contribution >= 4 is 19.3 Å². The summed E-state index contributed by atoms with van der Waals surface area (Å²) in [5.74, 6) is 0. The summed E-state index contributed by atoms with van der Waals surface area (Å²) in [6, 6.07) is 8.78. The fraction of sp³-hybridized carbons (Fsp3) is 0.286. The monoisotopic (exact) mass is 216 g/mol. The van der Waals surface area contributed by atoms with Crippen LogP contribution in [0.5, 0.6) is 0 Å². The van der Waals surface area contributed by atoms with Gasteiger partial charge in [0.05, 0.1) is 0 Å². The average Bonchev–Trinajstić information content (AvgIpc) is 2.26. The van der Waals surface area contributed by atoms with E-state index in [0.29, 0.717) is 0 Å². The van der Waals surface area contributed by atoms with Crippen LogP contribution in [0.15, 0.2) is 42.6 Å². The van der Waals surface area contributed by atoms with E-state index in [0.717, 1.165) is 6.42 Å². The molecule has 0 aliphatic rings. The molecule has 80 valence electrons. The topological polar surface area (TPSA) is 0 Å². The van der Waals surface area contributed by atoms with Gasteiger partial charge in [0.1, 0.15) is 8.07 Å². The molecule has 0 amide bonds.